The van der Waals surface area contributed by atoms with Crippen molar-refractivity contribution in [1.82, 2.24) is 4.90 Å². The van der Waals surface area contributed by atoms with Gasteiger partial charge in [-0.05, 0) is 37.4 Å². The molecule has 1 fully saturated rings. The van der Waals surface area contributed by atoms with Crippen molar-refractivity contribution < 1.29 is 14.7 Å². The minimum absolute atomic E-state index is 0.0177. The molecular formula is C13H23NO3S. The van der Waals surface area contributed by atoms with Crippen LogP contribution in [0.1, 0.15) is 39.5 Å². The quantitative estimate of drug-likeness (QED) is 0.754. The molecule has 0 aromatic rings. The van der Waals surface area contributed by atoms with Gasteiger partial charge >= 0.3 is 5.97 Å². The van der Waals surface area contributed by atoms with Crippen molar-refractivity contribution >= 4 is 23.6 Å². The molecule has 0 bridgehead atoms. The monoisotopic (exact) mass is 273 g/mol. The highest BCUT2D eigenvalue weighted by molar-refractivity contribution is 7.99. The van der Waals surface area contributed by atoms with Crippen LogP contribution in [0.2, 0.25) is 0 Å². The Hall–Kier alpha value is -0.710. The summed E-state index contributed by atoms with van der Waals surface area (Å²) in [6.07, 6.45) is 3.52. The van der Waals surface area contributed by atoms with E-state index >= 15 is 0 Å². The molecule has 1 N–H and O–H groups in total. The van der Waals surface area contributed by atoms with Gasteiger partial charge in [0.1, 0.15) is 6.04 Å². The highest BCUT2D eigenvalue weighted by Gasteiger charge is 2.31. The Kier molecular flexibility index (Phi) is 6.54. The molecule has 0 unspecified atom stereocenters. The molecule has 0 aromatic heterocycles. The second-order valence-electron chi connectivity index (χ2n) is 5.17. The van der Waals surface area contributed by atoms with Crippen molar-refractivity contribution in [2.24, 2.45) is 5.92 Å². The van der Waals surface area contributed by atoms with Crippen molar-refractivity contribution in [3.8, 4) is 0 Å². The molecule has 1 amide bonds. The lowest BCUT2D eigenvalue weighted by Crippen LogP contribution is -2.48. The Balaban J connectivity index is 2.36. The number of carboxylic acid groups (broad SMARTS) is 1. The molecule has 0 radical (unpaired) electrons. The molecule has 1 aliphatic heterocycles. The number of hydrogen-bond donors (Lipinski definition) is 1. The molecule has 1 saturated heterocycles. The van der Waals surface area contributed by atoms with E-state index in [-0.39, 0.29) is 5.91 Å². The van der Waals surface area contributed by atoms with E-state index in [9.17, 15) is 9.59 Å². The molecule has 1 aliphatic rings. The molecule has 1 rings (SSSR count). The number of amides is 1. The van der Waals surface area contributed by atoms with Gasteiger partial charge in [-0.1, -0.05) is 13.8 Å². The number of carbonyl (C=O) groups is 2. The second kappa shape index (κ2) is 7.67. The minimum atomic E-state index is -0.866. The summed E-state index contributed by atoms with van der Waals surface area (Å²) in [6.45, 7) is 4.92. The Morgan fingerprint density at radius 3 is 2.72 bits per heavy atom. The maximum atomic E-state index is 12.0. The zero-order chi connectivity index (χ0) is 13.5. The average molecular weight is 273 g/mol. The van der Waals surface area contributed by atoms with Gasteiger partial charge in [-0.2, -0.15) is 11.8 Å². The number of thioether (sulfide) groups is 1. The number of carbonyl (C=O) groups excluding carboxylic acids is 1. The van der Waals surface area contributed by atoms with Crippen molar-refractivity contribution in [3.05, 3.63) is 0 Å². The standard InChI is InChI=1S/C13H23NO3S/c1-10(2)6-8-18-9-12(15)14-7-4-3-5-11(14)13(16)17/h10-11H,3-9H2,1-2H3,(H,16,17)/t11-/m1/s1. The van der Waals surface area contributed by atoms with Crippen LogP contribution in [-0.2, 0) is 9.59 Å². The molecule has 1 heterocycles. The molecular weight excluding hydrogens is 250 g/mol. The van der Waals surface area contributed by atoms with Crippen molar-refractivity contribution in [2.75, 3.05) is 18.1 Å². The largest absolute Gasteiger partial charge is 0.480 e. The smallest absolute Gasteiger partial charge is 0.326 e. The van der Waals surface area contributed by atoms with Gasteiger partial charge in [0, 0.05) is 6.54 Å². The predicted octanol–water partition coefficient (Wildman–Crippen LogP) is 2.23. The second-order valence-corrected chi connectivity index (χ2v) is 6.28. The summed E-state index contributed by atoms with van der Waals surface area (Å²) in [5.41, 5.74) is 0. The Labute approximate surface area is 113 Å². The van der Waals surface area contributed by atoms with Crippen LogP contribution in [0.4, 0.5) is 0 Å². The van der Waals surface area contributed by atoms with Crippen LogP contribution >= 0.6 is 11.8 Å². The first-order chi connectivity index (χ1) is 8.52. The number of rotatable bonds is 6. The van der Waals surface area contributed by atoms with Gasteiger partial charge in [-0.3, -0.25) is 4.79 Å². The number of carboxylic acids is 1. The van der Waals surface area contributed by atoms with E-state index in [2.05, 4.69) is 13.8 Å². The maximum Gasteiger partial charge on any atom is 0.326 e. The number of piperidine rings is 1. The molecule has 18 heavy (non-hydrogen) atoms. The Morgan fingerprint density at radius 2 is 2.11 bits per heavy atom. The summed E-state index contributed by atoms with van der Waals surface area (Å²) >= 11 is 1.61. The zero-order valence-electron chi connectivity index (χ0n) is 11.2. The molecule has 4 nitrogen and oxygen atoms in total. The molecule has 1 atom stereocenters. The van der Waals surface area contributed by atoms with E-state index in [1.807, 2.05) is 0 Å². The first kappa shape index (κ1) is 15.3. The van der Waals surface area contributed by atoms with Crippen molar-refractivity contribution in [3.63, 3.8) is 0 Å². The minimum Gasteiger partial charge on any atom is -0.480 e. The van der Waals surface area contributed by atoms with Crippen LogP contribution in [0.25, 0.3) is 0 Å². The Bertz CT molecular complexity index is 294. The summed E-state index contributed by atoms with van der Waals surface area (Å²) < 4.78 is 0. The predicted molar refractivity (Wildman–Crippen MR) is 73.8 cm³/mol. The highest BCUT2D eigenvalue weighted by Crippen LogP contribution is 2.19. The fraction of sp³-hybridized carbons (Fsp3) is 0.846. The normalized spacial score (nSPS) is 20.2. The van der Waals surface area contributed by atoms with Crippen LogP contribution < -0.4 is 0 Å². The topological polar surface area (TPSA) is 57.6 Å². The van der Waals surface area contributed by atoms with Crippen LogP contribution in [0.3, 0.4) is 0 Å². The fourth-order valence-electron chi connectivity index (χ4n) is 2.05. The highest BCUT2D eigenvalue weighted by atomic mass is 32.2. The number of nitrogens with zero attached hydrogens (tertiary/aromatic N) is 1. The average Bonchev–Trinajstić information content (AvgIpc) is 2.34. The molecule has 0 aliphatic carbocycles. The Morgan fingerprint density at radius 1 is 1.39 bits per heavy atom. The van der Waals surface area contributed by atoms with Gasteiger partial charge in [0.25, 0.3) is 0 Å². The first-order valence-corrected chi connectivity index (χ1v) is 7.78. The van der Waals surface area contributed by atoms with Gasteiger partial charge < -0.3 is 10.0 Å². The van der Waals surface area contributed by atoms with E-state index in [1.54, 1.807) is 16.7 Å². The van der Waals surface area contributed by atoms with E-state index in [4.69, 9.17) is 5.11 Å². The summed E-state index contributed by atoms with van der Waals surface area (Å²) in [5, 5.41) is 9.10. The first-order valence-electron chi connectivity index (χ1n) is 6.62. The molecule has 0 spiro atoms. The summed E-state index contributed by atoms with van der Waals surface area (Å²) in [5.74, 6) is 1.14. The van der Waals surface area contributed by atoms with Gasteiger partial charge in [-0.15, -0.1) is 0 Å². The number of likely N-dealkylation sites (tertiary alicyclic amines) is 1. The maximum absolute atomic E-state index is 12.0. The van der Waals surface area contributed by atoms with Gasteiger partial charge in [0.2, 0.25) is 5.91 Å². The number of aliphatic carboxylic acids is 1. The van der Waals surface area contributed by atoms with Crippen LogP contribution in [0.15, 0.2) is 0 Å². The summed E-state index contributed by atoms with van der Waals surface area (Å²) in [7, 11) is 0. The van der Waals surface area contributed by atoms with Gasteiger partial charge in [-0.25, -0.2) is 4.79 Å². The molecule has 5 heteroatoms. The van der Waals surface area contributed by atoms with Gasteiger partial charge in [0.05, 0.1) is 5.75 Å². The lowest BCUT2D eigenvalue weighted by atomic mass is 10.0. The fourth-order valence-corrected chi connectivity index (χ4v) is 3.17. The lowest BCUT2D eigenvalue weighted by molar-refractivity contribution is -0.150. The SMILES string of the molecule is CC(C)CCSCC(=O)N1CCCC[C@@H]1C(=O)O. The van der Waals surface area contributed by atoms with Crippen LogP contribution in [0.5, 0.6) is 0 Å². The molecule has 0 saturated carbocycles. The lowest BCUT2D eigenvalue weighted by Gasteiger charge is -2.32. The van der Waals surface area contributed by atoms with Crippen LogP contribution in [-0.4, -0.2) is 46.0 Å². The third-order valence-electron chi connectivity index (χ3n) is 3.17. The third kappa shape index (κ3) is 4.88. The van der Waals surface area contributed by atoms with E-state index < -0.39 is 12.0 Å². The van der Waals surface area contributed by atoms with E-state index in [1.165, 1.54) is 0 Å². The summed E-state index contributed by atoms with van der Waals surface area (Å²) in [6, 6.07) is -0.600. The molecule has 104 valence electrons. The van der Waals surface area contributed by atoms with E-state index in [0.29, 0.717) is 24.6 Å². The number of hydrogen-bond acceptors (Lipinski definition) is 3. The third-order valence-corrected chi connectivity index (χ3v) is 4.15. The van der Waals surface area contributed by atoms with Crippen molar-refractivity contribution in [1.29, 1.82) is 0 Å². The van der Waals surface area contributed by atoms with E-state index in [0.717, 1.165) is 25.0 Å². The van der Waals surface area contributed by atoms with Gasteiger partial charge in [0.15, 0.2) is 0 Å². The van der Waals surface area contributed by atoms with Crippen LogP contribution in [0, 0.1) is 5.92 Å². The summed E-state index contributed by atoms with van der Waals surface area (Å²) in [4.78, 5) is 24.6. The van der Waals surface area contributed by atoms with Crippen molar-refractivity contribution in [2.45, 2.75) is 45.6 Å². The zero-order valence-corrected chi connectivity index (χ0v) is 12.0. The molecule has 0 aromatic carbocycles.